The fourth-order valence-electron chi connectivity index (χ4n) is 3.42. The molecule has 0 aliphatic carbocycles. The Kier molecular flexibility index (Phi) is 7.69. The van der Waals surface area contributed by atoms with Gasteiger partial charge >= 0.3 is 0 Å². The van der Waals surface area contributed by atoms with E-state index >= 15 is 0 Å². The predicted molar refractivity (Wildman–Crippen MR) is 126 cm³/mol. The van der Waals surface area contributed by atoms with Crippen molar-refractivity contribution in [3.63, 3.8) is 0 Å². The van der Waals surface area contributed by atoms with Gasteiger partial charge in [-0.15, -0.1) is 0 Å². The molecule has 0 radical (unpaired) electrons. The Bertz CT molecular complexity index is 1080. The molecule has 0 aliphatic rings. The molecule has 5 nitrogen and oxygen atoms in total. The highest BCUT2D eigenvalue weighted by Gasteiger charge is 2.23. The van der Waals surface area contributed by atoms with Crippen LogP contribution in [-0.2, 0) is 18.3 Å². The summed E-state index contributed by atoms with van der Waals surface area (Å²) in [5.74, 6) is -0.0517. The van der Waals surface area contributed by atoms with Crippen LogP contribution in [0.4, 0.5) is 0 Å². The van der Waals surface area contributed by atoms with Gasteiger partial charge in [0.15, 0.2) is 5.16 Å². The highest BCUT2D eigenvalue weighted by molar-refractivity contribution is 8.00. The van der Waals surface area contributed by atoms with E-state index in [1.54, 1.807) is 11.6 Å². The van der Waals surface area contributed by atoms with Crippen LogP contribution in [0.5, 0.6) is 0 Å². The normalized spacial score (nSPS) is 12.9. The Morgan fingerprint density at radius 1 is 1.10 bits per heavy atom. The number of carbonyl (C=O) groups excluding carboxylic acids is 1. The second-order valence-corrected chi connectivity index (χ2v) is 8.81. The van der Waals surface area contributed by atoms with Crippen molar-refractivity contribution < 1.29 is 4.79 Å². The zero-order chi connectivity index (χ0) is 22.4. The second-order valence-electron chi connectivity index (χ2n) is 7.64. The number of nitrogens with one attached hydrogen (secondary N) is 1. The van der Waals surface area contributed by atoms with E-state index in [9.17, 15) is 9.59 Å². The van der Waals surface area contributed by atoms with Crippen molar-refractivity contribution in [2.24, 2.45) is 7.05 Å². The maximum absolute atomic E-state index is 13.0. The number of thioether (sulfide) groups is 1. The van der Waals surface area contributed by atoms with Gasteiger partial charge in [0.2, 0.25) is 5.91 Å². The van der Waals surface area contributed by atoms with Crippen molar-refractivity contribution in [3.05, 3.63) is 93.4 Å². The van der Waals surface area contributed by atoms with E-state index in [-0.39, 0.29) is 22.8 Å². The molecule has 0 fully saturated rings. The van der Waals surface area contributed by atoms with Crippen LogP contribution in [0.3, 0.4) is 0 Å². The summed E-state index contributed by atoms with van der Waals surface area (Å²) < 4.78 is 1.56. The van der Waals surface area contributed by atoms with E-state index < -0.39 is 0 Å². The third-order valence-corrected chi connectivity index (χ3v) is 6.75. The first-order valence-corrected chi connectivity index (χ1v) is 11.4. The average Bonchev–Trinajstić information content (AvgIpc) is 2.79. The molecule has 31 heavy (non-hydrogen) atoms. The number of hydrogen-bond donors (Lipinski definition) is 1. The Hall–Kier alpha value is -2.86. The van der Waals surface area contributed by atoms with E-state index in [4.69, 9.17) is 0 Å². The van der Waals surface area contributed by atoms with E-state index in [0.717, 1.165) is 11.1 Å². The molecule has 0 saturated carbocycles. The molecule has 2 unspecified atom stereocenters. The van der Waals surface area contributed by atoms with Crippen LogP contribution in [0.25, 0.3) is 0 Å². The van der Waals surface area contributed by atoms with Crippen LogP contribution in [0.2, 0.25) is 0 Å². The first kappa shape index (κ1) is 22.8. The third kappa shape index (κ3) is 5.64. The van der Waals surface area contributed by atoms with Gasteiger partial charge < -0.3 is 5.32 Å². The predicted octanol–water partition coefficient (Wildman–Crippen LogP) is 4.43. The topological polar surface area (TPSA) is 64.0 Å². The average molecular weight is 436 g/mol. The van der Waals surface area contributed by atoms with Gasteiger partial charge in [-0.1, -0.05) is 79.3 Å². The quantitative estimate of drug-likeness (QED) is 0.420. The molecular formula is C25H29N3O2S. The van der Waals surface area contributed by atoms with Crippen LogP contribution < -0.4 is 10.9 Å². The molecule has 0 saturated heterocycles. The first-order chi connectivity index (χ1) is 14.9. The van der Waals surface area contributed by atoms with Gasteiger partial charge in [0.25, 0.3) is 5.56 Å². The second kappa shape index (κ2) is 10.4. The summed E-state index contributed by atoms with van der Waals surface area (Å²) in [5, 5.41) is 3.32. The summed E-state index contributed by atoms with van der Waals surface area (Å²) in [6, 6.07) is 19.7. The third-order valence-electron chi connectivity index (χ3n) is 5.34. The highest BCUT2D eigenvalue weighted by Crippen LogP contribution is 2.25. The number of hydrogen-bond acceptors (Lipinski definition) is 4. The lowest BCUT2D eigenvalue weighted by atomic mass is 10.1. The van der Waals surface area contributed by atoms with Crippen molar-refractivity contribution in [1.82, 2.24) is 14.9 Å². The molecule has 2 atom stereocenters. The molecule has 1 amide bonds. The molecule has 162 valence electrons. The SMILES string of the molecule is CCC(Sc1nc(C)c(Cc2ccccc2)c(=O)n1C)C(=O)NC(C)c1ccccc1. The fraction of sp³-hybridized carbons (Fsp3) is 0.320. The molecule has 3 aromatic rings. The molecular weight excluding hydrogens is 406 g/mol. The number of amides is 1. The lowest BCUT2D eigenvalue weighted by molar-refractivity contribution is -0.121. The monoisotopic (exact) mass is 435 g/mol. The van der Waals surface area contributed by atoms with Gasteiger partial charge in [-0.2, -0.15) is 0 Å². The fourth-order valence-corrected chi connectivity index (χ4v) is 4.45. The van der Waals surface area contributed by atoms with E-state index in [2.05, 4.69) is 10.3 Å². The van der Waals surface area contributed by atoms with Crippen LogP contribution in [0, 0.1) is 6.92 Å². The number of carbonyl (C=O) groups is 1. The Labute approximate surface area is 187 Å². The van der Waals surface area contributed by atoms with Crippen LogP contribution >= 0.6 is 11.8 Å². The van der Waals surface area contributed by atoms with Gasteiger partial charge in [0.1, 0.15) is 0 Å². The molecule has 0 bridgehead atoms. The molecule has 2 aromatic carbocycles. The summed E-state index contributed by atoms with van der Waals surface area (Å²) in [7, 11) is 1.73. The number of rotatable bonds is 8. The van der Waals surface area contributed by atoms with Crippen molar-refractivity contribution in [3.8, 4) is 0 Å². The number of aryl methyl sites for hydroxylation is 1. The van der Waals surface area contributed by atoms with Crippen molar-refractivity contribution in [2.45, 2.75) is 50.1 Å². The molecule has 0 aliphatic heterocycles. The summed E-state index contributed by atoms with van der Waals surface area (Å²) in [6.45, 7) is 5.81. The molecule has 1 aromatic heterocycles. The van der Waals surface area contributed by atoms with Gasteiger partial charge in [0, 0.05) is 24.7 Å². The van der Waals surface area contributed by atoms with Gasteiger partial charge in [-0.3, -0.25) is 14.2 Å². The Morgan fingerprint density at radius 3 is 2.32 bits per heavy atom. The maximum Gasteiger partial charge on any atom is 0.257 e. The molecule has 3 rings (SSSR count). The van der Waals surface area contributed by atoms with Crippen LogP contribution in [-0.4, -0.2) is 20.7 Å². The Balaban J connectivity index is 1.77. The number of aromatic nitrogens is 2. The highest BCUT2D eigenvalue weighted by atomic mass is 32.2. The standard InChI is InChI=1S/C25H29N3O2S/c1-5-22(23(29)26-17(2)20-14-10-7-11-15-20)31-25-27-18(3)21(24(30)28(25)4)16-19-12-8-6-9-13-19/h6-15,17,22H,5,16H2,1-4H3,(H,26,29). The minimum atomic E-state index is -0.330. The summed E-state index contributed by atoms with van der Waals surface area (Å²) in [6.07, 6.45) is 1.18. The molecule has 1 heterocycles. The minimum absolute atomic E-state index is 0.0517. The van der Waals surface area contributed by atoms with Crippen LogP contribution in [0.1, 0.15) is 48.7 Å². The zero-order valence-electron chi connectivity index (χ0n) is 18.5. The zero-order valence-corrected chi connectivity index (χ0v) is 19.3. The smallest absolute Gasteiger partial charge is 0.257 e. The summed E-state index contributed by atoms with van der Waals surface area (Å²) in [5.41, 5.74) is 3.47. The lowest BCUT2D eigenvalue weighted by Gasteiger charge is -2.20. The minimum Gasteiger partial charge on any atom is -0.349 e. The lowest BCUT2D eigenvalue weighted by Crippen LogP contribution is -2.35. The van der Waals surface area contributed by atoms with E-state index in [1.807, 2.05) is 81.4 Å². The van der Waals surface area contributed by atoms with Crippen LogP contribution in [0.15, 0.2) is 70.6 Å². The van der Waals surface area contributed by atoms with Crippen molar-refractivity contribution in [2.75, 3.05) is 0 Å². The van der Waals surface area contributed by atoms with Gasteiger partial charge in [-0.25, -0.2) is 4.98 Å². The Morgan fingerprint density at radius 2 is 1.71 bits per heavy atom. The molecule has 6 heteroatoms. The number of benzene rings is 2. The van der Waals surface area contributed by atoms with Crippen molar-refractivity contribution >= 4 is 17.7 Å². The largest absolute Gasteiger partial charge is 0.349 e. The van der Waals surface area contributed by atoms with Gasteiger partial charge in [0.05, 0.1) is 11.3 Å². The summed E-state index contributed by atoms with van der Waals surface area (Å²) >= 11 is 1.34. The maximum atomic E-state index is 13.0. The number of nitrogens with zero attached hydrogens (tertiary/aromatic N) is 2. The first-order valence-electron chi connectivity index (χ1n) is 10.5. The van der Waals surface area contributed by atoms with Gasteiger partial charge in [-0.05, 0) is 31.4 Å². The van der Waals surface area contributed by atoms with E-state index in [0.29, 0.717) is 29.3 Å². The van der Waals surface area contributed by atoms with Crippen molar-refractivity contribution in [1.29, 1.82) is 0 Å². The molecule has 0 spiro atoms. The summed E-state index contributed by atoms with van der Waals surface area (Å²) in [4.78, 5) is 30.6. The van der Waals surface area contributed by atoms with E-state index in [1.165, 1.54) is 11.8 Å². The molecule has 1 N–H and O–H groups in total.